The number of anilines is 1. The Morgan fingerprint density at radius 1 is 1.25 bits per heavy atom. The Labute approximate surface area is 143 Å². The molecule has 5 heteroatoms. The summed E-state index contributed by atoms with van der Waals surface area (Å²) in [6.45, 7) is 10.9. The van der Waals surface area contributed by atoms with Crippen LogP contribution in [0.5, 0.6) is 0 Å². The van der Waals surface area contributed by atoms with E-state index in [1.807, 2.05) is 52.8 Å². The molecular weight excluding hydrogens is 304 g/mol. The number of nitrogens with zero attached hydrogens (tertiary/aromatic N) is 1. The second-order valence-electron chi connectivity index (χ2n) is 7.25. The number of nitrogens with one attached hydrogen (secondary N) is 1. The summed E-state index contributed by atoms with van der Waals surface area (Å²) in [5.41, 5.74) is 2.81. The summed E-state index contributed by atoms with van der Waals surface area (Å²) in [6.07, 6.45) is 1.30. The summed E-state index contributed by atoms with van der Waals surface area (Å²) in [4.78, 5) is 26.4. The summed E-state index contributed by atoms with van der Waals surface area (Å²) in [5, 5.41) is 3.30. The predicted molar refractivity (Wildman–Crippen MR) is 95.3 cm³/mol. The number of amides is 1. The number of rotatable bonds is 2. The lowest BCUT2D eigenvalue weighted by molar-refractivity contribution is 0.0245. The lowest BCUT2D eigenvalue weighted by Crippen LogP contribution is -2.37. The monoisotopic (exact) mass is 330 g/mol. The minimum atomic E-state index is -0.527. The number of carbonyl (C=O) groups excluding carboxylic acids is 2. The Balaban J connectivity index is 2.28. The van der Waals surface area contributed by atoms with Crippen molar-refractivity contribution >= 4 is 17.6 Å². The largest absolute Gasteiger partial charge is 0.444 e. The van der Waals surface area contributed by atoms with Crippen LogP contribution in [0.1, 0.15) is 50.5 Å². The van der Waals surface area contributed by atoms with E-state index in [1.165, 1.54) is 0 Å². The van der Waals surface area contributed by atoms with Crippen molar-refractivity contribution in [2.24, 2.45) is 0 Å². The molecule has 1 aromatic rings. The molecule has 0 atom stereocenters. The molecule has 0 aromatic heterocycles. The maximum absolute atomic E-state index is 12.4. The van der Waals surface area contributed by atoms with Crippen LogP contribution in [0.15, 0.2) is 29.8 Å². The predicted octanol–water partition coefficient (Wildman–Crippen LogP) is 4.00. The first-order valence-corrected chi connectivity index (χ1v) is 8.20. The molecule has 1 aliphatic heterocycles. The number of allylic oxidation sites excluding steroid dienone is 2. The third kappa shape index (κ3) is 4.60. The van der Waals surface area contributed by atoms with Gasteiger partial charge in [-0.2, -0.15) is 0 Å². The number of hydrogen-bond acceptors (Lipinski definition) is 4. The second kappa shape index (κ2) is 7.07. The van der Waals surface area contributed by atoms with Crippen molar-refractivity contribution in [2.75, 3.05) is 18.4 Å². The van der Waals surface area contributed by atoms with Gasteiger partial charge in [-0.3, -0.25) is 4.79 Å². The van der Waals surface area contributed by atoms with Crippen molar-refractivity contribution in [3.63, 3.8) is 0 Å². The van der Waals surface area contributed by atoms with Crippen molar-refractivity contribution < 1.29 is 14.3 Å². The molecule has 0 spiro atoms. The van der Waals surface area contributed by atoms with E-state index in [0.717, 1.165) is 16.8 Å². The van der Waals surface area contributed by atoms with E-state index in [9.17, 15) is 9.59 Å². The van der Waals surface area contributed by atoms with Gasteiger partial charge in [-0.05, 0) is 52.3 Å². The number of ether oxygens (including phenoxy) is 1. The Morgan fingerprint density at radius 2 is 1.96 bits per heavy atom. The molecule has 5 nitrogen and oxygen atoms in total. The molecule has 0 unspecified atom stereocenters. The number of hydrogen-bond donors (Lipinski definition) is 1. The zero-order valence-corrected chi connectivity index (χ0v) is 15.1. The molecule has 1 aromatic carbocycles. The normalized spacial score (nSPS) is 14.1. The molecule has 24 heavy (non-hydrogen) atoms. The fourth-order valence-corrected chi connectivity index (χ4v) is 2.57. The van der Waals surface area contributed by atoms with E-state index in [0.29, 0.717) is 25.2 Å². The first-order valence-electron chi connectivity index (χ1n) is 8.20. The average Bonchev–Trinajstić information content (AvgIpc) is 2.66. The van der Waals surface area contributed by atoms with Crippen LogP contribution in [-0.2, 0) is 11.3 Å². The molecule has 0 radical (unpaired) electrons. The van der Waals surface area contributed by atoms with Gasteiger partial charge in [0.05, 0.1) is 12.2 Å². The molecule has 0 saturated carbocycles. The molecular formula is C19H26N2O3. The number of benzene rings is 1. The van der Waals surface area contributed by atoms with Gasteiger partial charge in [-0.1, -0.05) is 17.7 Å². The molecule has 0 fully saturated rings. The summed E-state index contributed by atoms with van der Waals surface area (Å²) < 4.78 is 5.46. The second-order valence-corrected chi connectivity index (χ2v) is 7.25. The minimum Gasteiger partial charge on any atom is -0.444 e. The van der Waals surface area contributed by atoms with E-state index >= 15 is 0 Å². The van der Waals surface area contributed by atoms with Gasteiger partial charge in [0, 0.05) is 18.7 Å². The Bertz CT molecular complexity index is 668. The quantitative estimate of drug-likeness (QED) is 0.658. The summed E-state index contributed by atoms with van der Waals surface area (Å²) in [7, 11) is 0. The highest BCUT2D eigenvalue weighted by atomic mass is 16.6. The first-order chi connectivity index (χ1) is 11.2. The zero-order chi connectivity index (χ0) is 17.9. The van der Waals surface area contributed by atoms with Gasteiger partial charge in [0.25, 0.3) is 0 Å². The van der Waals surface area contributed by atoms with Gasteiger partial charge in [0.2, 0.25) is 0 Å². The SMILES string of the molecule is CC(C)=CC(=O)c1cccc2c1NCCN(C(=O)OC(C)(C)C)C2. The van der Waals surface area contributed by atoms with Gasteiger partial charge in [0.15, 0.2) is 5.78 Å². The highest BCUT2D eigenvalue weighted by molar-refractivity contribution is 6.09. The smallest absolute Gasteiger partial charge is 0.410 e. The van der Waals surface area contributed by atoms with E-state index in [4.69, 9.17) is 4.74 Å². The molecule has 130 valence electrons. The maximum Gasteiger partial charge on any atom is 0.410 e. The topological polar surface area (TPSA) is 58.6 Å². The van der Waals surface area contributed by atoms with Crippen molar-refractivity contribution in [1.29, 1.82) is 0 Å². The van der Waals surface area contributed by atoms with Crippen molar-refractivity contribution in [2.45, 2.75) is 46.8 Å². The third-order valence-corrected chi connectivity index (χ3v) is 3.53. The van der Waals surface area contributed by atoms with Crippen LogP contribution in [0.4, 0.5) is 10.5 Å². The van der Waals surface area contributed by atoms with Crippen LogP contribution >= 0.6 is 0 Å². The fraction of sp³-hybridized carbons (Fsp3) is 0.474. The van der Waals surface area contributed by atoms with Crippen molar-refractivity contribution in [3.8, 4) is 0 Å². The molecule has 1 N–H and O–H groups in total. The molecule has 0 saturated heterocycles. The summed E-state index contributed by atoms with van der Waals surface area (Å²) in [5.74, 6) is -0.0231. The number of carbonyl (C=O) groups is 2. The molecule has 1 amide bonds. The molecule has 1 aliphatic rings. The number of para-hydroxylation sites is 1. The Morgan fingerprint density at radius 3 is 2.58 bits per heavy atom. The molecule has 0 bridgehead atoms. The maximum atomic E-state index is 12.4. The molecule has 1 heterocycles. The molecule has 0 aliphatic carbocycles. The average molecular weight is 330 g/mol. The van der Waals surface area contributed by atoms with E-state index < -0.39 is 5.60 Å². The Kier molecular flexibility index (Phi) is 5.32. The minimum absolute atomic E-state index is 0.0231. The van der Waals surface area contributed by atoms with Gasteiger partial charge in [0.1, 0.15) is 5.60 Å². The van der Waals surface area contributed by atoms with Crippen LogP contribution in [0.3, 0.4) is 0 Å². The van der Waals surface area contributed by atoms with Crippen LogP contribution in [0, 0.1) is 0 Å². The van der Waals surface area contributed by atoms with Gasteiger partial charge < -0.3 is 15.0 Å². The third-order valence-electron chi connectivity index (χ3n) is 3.53. The van der Waals surface area contributed by atoms with Crippen LogP contribution in [0.2, 0.25) is 0 Å². The van der Waals surface area contributed by atoms with Gasteiger partial charge in [-0.15, -0.1) is 0 Å². The summed E-state index contributed by atoms with van der Waals surface area (Å²) in [6, 6.07) is 5.60. The lowest BCUT2D eigenvalue weighted by atomic mass is 10.0. The fourth-order valence-electron chi connectivity index (χ4n) is 2.57. The van der Waals surface area contributed by atoms with E-state index in [-0.39, 0.29) is 11.9 Å². The van der Waals surface area contributed by atoms with Crippen molar-refractivity contribution in [3.05, 3.63) is 41.0 Å². The first kappa shape index (κ1) is 18.0. The van der Waals surface area contributed by atoms with Crippen LogP contribution in [-0.4, -0.2) is 35.5 Å². The van der Waals surface area contributed by atoms with Crippen LogP contribution < -0.4 is 5.32 Å². The van der Waals surface area contributed by atoms with Gasteiger partial charge in [-0.25, -0.2) is 4.79 Å². The highest BCUT2D eigenvalue weighted by Crippen LogP contribution is 2.26. The Hall–Kier alpha value is -2.30. The van der Waals surface area contributed by atoms with E-state index in [2.05, 4.69) is 5.32 Å². The van der Waals surface area contributed by atoms with Gasteiger partial charge >= 0.3 is 6.09 Å². The van der Waals surface area contributed by atoms with Crippen molar-refractivity contribution in [1.82, 2.24) is 4.90 Å². The summed E-state index contributed by atoms with van der Waals surface area (Å²) >= 11 is 0. The standard InChI is InChI=1S/C19H26N2O3/c1-13(2)11-16(22)15-8-6-7-14-12-21(10-9-20-17(14)15)18(23)24-19(3,4)5/h6-8,11,20H,9-10,12H2,1-5H3. The number of fused-ring (bicyclic) bond motifs is 1. The van der Waals surface area contributed by atoms with E-state index in [1.54, 1.807) is 11.0 Å². The zero-order valence-electron chi connectivity index (χ0n) is 15.1. The highest BCUT2D eigenvalue weighted by Gasteiger charge is 2.25. The number of ketones is 1. The lowest BCUT2D eigenvalue weighted by Gasteiger charge is -2.26. The molecule has 2 rings (SSSR count). The van der Waals surface area contributed by atoms with Crippen LogP contribution in [0.25, 0.3) is 0 Å².